The van der Waals surface area contributed by atoms with Gasteiger partial charge in [-0.15, -0.1) is 0 Å². The lowest BCUT2D eigenvalue weighted by Gasteiger charge is -1.97. The first-order chi connectivity index (χ1) is 5.81. The third-order valence-corrected chi connectivity index (χ3v) is 2.66. The molecule has 0 saturated carbocycles. The minimum Gasteiger partial charge on any atom is -0.0744 e. The minimum absolute atomic E-state index is 1.22. The number of halogens is 1. The van der Waals surface area contributed by atoms with E-state index in [1.54, 1.807) is 0 Å². The van der Waals surface area contributed by atoms with Crippen LogP contribution in [0.3, 0.4) is 0 Å². The average molecular weight is 233 g/mol. The van der Waals surface area contributed by atoms with E-state index < -0.39 is 0 Å². The molecule has 0 saturated heterocycles. The number of rotatable bonds is 7. The van der Waals surface area contributed by atoms with E-state index >= 15 is 0 Å². The van der Waals surface area contributed by atoms with Crippen molar-refractivity contribution in [3.63, 3.8) is 0 Å². The molecule has 0 nitrogen and oxygen atoms in total. The first kappa shape index (κ1) is 12.2. The molecule has 12 heavy (non-hydrogen) atoms. The lowest BCUT2D eigenvalue weighted by molar-refractivity contribution is 0.725. The molecule has 1 heteroatoms. The molecule has 0 rings (SSSR count). The Morgan fingerprint density at radius 2 is 1.75 bits per heavy atom. The maximum atomic E-state index is 3.59. The third kappa shape index (κ3) is 8.32. The monoisotopic (exact) mass is 232 g/mol. The second-order valence-corrected chi connectivity index (χ2v) is 4.27. The van der Waals surface area contributed by atoms with Crippen LogP contribution in [0.1, 0.15) is 58.8 Å². The standard InChI is InChI=1S/C11H21Br/c1-3-5-7-8-10-11(12)9-6-4-2/h10H,3-9H2,1-2H3. The van der Waals surface area contributed by atoms with Crippen LogP contribution in [0.2, 0.25) is 0 Å². The highest BCUT2D eigenvalue weighted by Gasteiger charge is 1.90. The molecule has 0 radical (unpaired) electrons. The highest BCUT2D eigenvalue weighted by atomic mass is 79.9. The van der Waals surface area contributed by atoms with E-state index in [1.807, 2.05) is 0 Å². The number of hydrogen-bond donors (Lipinski definition) is 0. The zero-order valence-electron chi connectivity index (χ0n) is 8.41. The molecule has 0 N–H and O–H groups in total. The van der Waals surface area contributed by atoms with Crippen molar-refractivity contribution in [2.24, 2.45) is 0 Å². The van der Waals surface area contributed by atoms with Crippen LogP contribution < -0.4 is 0 Å². The predicted molar refractivity (Wildman–Crippen MR) is 60.7 cm³/mol. The van der Waals surface area contributed by atoms with E-state index in [2.05, 4.69) is 35.9 Å². The van der Waals surface area contributed by atoms with Gasteiger partial charge < -0.3 is 0 Å². The molecule has 0 aromatic rings. The van der Waals surface area contributed by atoms with Crippen molar-refractivity contribution >= 4 is 15.9 Å². The zero-order valence-corrected chi connectivity index (χ0v) is 9.99. The summed E-state index contributed by atoms with van der Waals surface area (Å²) < 4.78 is 1.40. The van der Waals surface area contributed by atoms with Crippen molar-refractivity contribution in [3.8, 4) is 0 Å². The van der Waals surface area contributed by atoms with Crippen molar-refractivity contribution in [2.75, 3.05) is 0 Å². The molecular formula is C11H21Br. The van der Waals surface area contributed by atoms with Crippen molar-refractivity contribution in [1.29, 1.82) is 0 Å². The molecule has 0 bridgehead atoms. The highest BCUT2D eigenvalue weighted by Crippen LogP contribution is 2.15. The van der Waals surface area contributed by atoms with Crippen molar-refractivity contribution in [2.45, 2.75) is 58.8 Å². The van der Waals surface area contributed by atoms with Gasteiger partial charge in [0.05, 0.1) is 0 Å². The van der Waals surface area contributed by atoms with Crippen LogP contribution in [0.15, 0.2) is 10.6 Å². The van der Waals surface area contributed by atoms with Gasteiger partial charge in [-0.2, -0.15) is 0 Å². The topological polar surface area (TPSA) is 0 Å². The van der Waals surface area contributed by atoms with E-state index in [-0.39, 0.29) is 0 Å². The van der Waals surface area contributed by atoms with Crippen molar-refractivity contribution in [3.05, 3.63) is 10.6 Å². The van der Waals surface area contributed by atoms with Gasteiger partial charge in [-0.3, -0.25) is 0 Å². The molecule has 0 unspecified atom stereocenters. The molecular weight excluding hydrogens is 212 g/mol. The first-order valence-electron chi connectivity index (χ1n) is 5.15. The summed E-state index contributed by atoms with van der Waals surface area (Å²) in [5.41, 5.74) is 0. The van der Waals surface area contributed by atoms with Gasteiger partial charge in [0, 0.05) is 0 Å². The van der Waals surface area contributed by atoms with Gasteiger partial charge >= 0.3 is 0 Å². The fraction of sp³-hybridized carbons (Fsp3) is 0.818. The Balaban J connectivity index is 3.28. The van der Waals surface area contributed by atoms with Crippen LogP contribution in [0.5, 0.6) is 0 Å². The van der Waals surface area contributed by atoms with Gasteiger partial charge in [-0.25, -0.2) is 0 Å². The predicted octanol–water partition coefficient (Wildman–Crippen LogP) is 5.04. The molecule has 72 valence electrons. The Kier molecular flexibility index (Phi) is 9.48. The first-order valence-corrected chi connectivity index (χ1v) is 5.95. The molecule has 0 spiro atoms. The SMILES string of the molecule is CCCCCC=C(Br)CCCC. The fourth-order valence-corrected chi connectivity index (χ4v) is 1.61. The molecule has 0 fully saturated rings. The Labute approximate surface area is 85.6 Å². The highest BCUT2D eigenvalue weighted by molar-refractivity contribution is 9.11. The summed E-state index contributed by atoms with van der Waals surface area (Å²) in [4.78, 5) is 0. The zero-order chi connectivity index (χ0) is 9.23. The summed E-state index contributed by atoms with van der Waals surface area (Å²) >= 11 is 3.59. The summed E-state index contributed by atoms with van der Waals surface area (Å²) in [5.74, 6) is 0. The number of allylic oxidation sites excluding steroid dienone is 2. The second-order valence-electron chi connectivity index (χ2n) is 3.25. The van der Waals surface area contributed by atoms with Crippen LogP contribution in [-0.4, -0.2) is 0 Å². The Bertz CT molecular complexity index is 116. The molecule has 0 aliphatic rings. The largest absolute Gasteiger partial charge is 0.0744 e. The van der Waals surface area contributed by atoms with E-state index in [1.165, 1.54) is 49.4 Å². The van der Waals surface area contributed by atoms with Gasteiger partial charge in [-0.1, -0.05) is 55.1 Å². The van der Waals surface area contributed by atoms with Crippen molar-refractivity contribution < 1.29 is 0 Å². The Morgan fingerprint density at radius 1 is 1.08 bits per heavy atom. The summed E-state index contributed by atoms with van der Waals surface area (Å²) in [6.07, 6.45) is 11.4. The fourth-order valence-electron chi connectivity index (χ4n) is 1.10. The average Bonchev–Trinajstić information content (AvgIpc) is 2.09. The summed E-state index contributed by atoms with van der Waals surface area (Å²) in [6.45, 7) is 4.48. The maximum absolute atomic E-state index is 3.59. The molecule has 0 heterocycles. The second kappa shape index (κ2) is 9.31. The normalized spacial score (nSPS) is 12.1. The van der Waals surface area contributed by atoms with Gasteiger partial charge in [0.1, 0.15) is 0 Å². The van der Waals surface area contributed by atoms with Crippen LogP contribution in [0.4, 0.5) is 0 Å². The summed E-state index contributed by atoms with van der Waals surface area (Å²) in [7, 11) is 0. The van der Waals surface area contributed by atoms with Crippen LogP contribution in [0.25, 0.3) is 0 Å². The van der Waals surface area contributed by atoms with E-state index in [0.29, 0.717) is 0 Å². The summed E-state index contributed by atoms with van der Waals surface area (Å²) in [6, 6.07) is 0. The van der Waals surface area contributed by atoms with Crippen molar-refractivity contribution in [1.82, 2.24) is 0 Å². The van der Waals surface area contributed by atoms with Gasteiger partial charge in [0.15, 0.2) is 0 Å². The smallest absolute Gasteiger partial charge is 0.00892 e. The van der Waals surface area contributed by atoms with Crippen LogP contribution in [-0.2, 0) is 0 Å². The molecule has 0 aliphatic carbocycles. The Hall–Kier alpha value is 0.220. The molecule has 0 aromatic heterocycles. The van der Waals surface area contributed by atoms with Gasteiger partial charge in [0.25, 0.3) is 0 Å². The molecule has 0 amide bonds. The van der Waals surface area contributed by atoms with E-state index in [9.17, 15) is 0 Å². The van der Waals surface area contributed by atoms with Crippen LogP contribution in [0, 0.1) is 0 Å². The Morgan fingerprint density at radius 3 is 2.33 bits per heavy atom. The van der Waals surface area contributed by atoms with Gasteiger partial charge in [0.2, 0.25) is 0 Å². The van der Waals surface area contributed by atoms with E-state index in [0.717, 1.165) is 0 Å². The van der Waals surface area contributed by atoms with Crippen LogP contribution >= 0.6 is 15.9 Å². The molecule has 0 atom stereocenters. The summed E-state index contributed by atoms with van der Waals surface area (Å²) in [5, 5.41) is 0. The third-order valence-electron chi connectivity index (χ3n) is 1.94. The quantitative estimate of drug-likeness (QED) is 0.540. The lowest BCUT2D eigenvalue weighted by Crippen LogP contribution is -1.76. The number of hydrogen-bond acceptors (Lipinski definition) is 0. The molecule has 0 aromatic carbocycles. The number of unbranched alkanes of at least 4 members (excludes halogenated alkanes) is 4. The lowest BCUT2D eigenvalue weighted by atomic mass is 10.2. The van der Waals surface area contributed by atoms with Gasteiger partial charge in [-0.05, 0) is 30.2 Å². The molecule has 0 aliphatic heterocycles. The maximum Gasteiger partial charge on any atom is -0.00892 e. The minimum atomic E-state index is 1.22. The van der Waals surface area contributed by atoms with E-state index in [4.69, 9.17) is 0 Å².